The van der Waals surface area contributed by atoms with Crippen molar-refractivity contribution in [3.8, 4) is 0 Å². The first-order valence-corrected chi connectivity index (χ1v) is 7.91. The van der Waals surface area contributed by atoms with Crippen LogP contribution in [0.4, 0.5) is 0 Å². The van der Waals surface area contributed by atoms with Crippen molar-refractivity contribution in [1.29, 1.82) is 0 Å². The summed E-state index contributed by atoms with van der Waals surface area (Å²) in [6, 6.07) is 0.0279. The zero-order valence-electron chi connectivity index (χ0n) is 12.8. The van der Waals surface area contributed by atoms with E-state index in [1.54, 1.807) is 6.20 Å². The number of halogens is 1. The first kappa shape index (κ1) is 16.0. The van der Waals surface area contributed by atoms with Crippen LogP contribution in [0.3, 0.4) is 0 Å². The Morgan fingerprint density at radius 2 is 2.26 bits per heavy atom. The number of likely N-dealkylation sites (tertiary alicyclic amines) is 1. The van der Waals surface area contributed by atoms with Crippen molar-refractivity contribution >= 4 is 18.3 Å². The summed E-state index contributed by atoms with van der Waals surface area (Å²) in [7, 11) is 0. The highest BCUT2D eigenvalue weighted by molar-refractivity contribution is 5.94. The fourth-order valence-electron chi connectivity index (χ4n) is 3.46. The van der Waals surface area contributed by atoms with E-state index in [1.165, 1.54) is 0 Å². The molecule has 0 aromatic carbocycles. The van der Waals surface area contributed by atoms with E-state index in [2.05, 4.69) is 25.5 Å². The zero-order valence-corrected chi connectivity index (χ0v) is 13.7. The van der Waals surface area contributed by atoms with Gasteiger partial charge in [0.15, 0.2) is 5.69 Å². The molecule has 1 amide bonds. The summed E-state index contributed by atoms with van der Waals surface area (Å²) < 4.78 is 0. The zero-order chi connectivity index (χ0) is 14.9. The second-order valence-corrected chi connectivity index (χ2v) is 5.94. The molecule has 4 heterocycles. The number of piperidine rings is 1. The molecule has 23 heavy (non-hydrogen) atoms. The molecule has 1 unspecified atom stereocenters. The minimum atomic E-state index is 0. The molecule has 1 saturated heterocycles. The van der Waals surface area contributed by atoms with Crippen molar-refractivity contribution in [3.63, 3.8) is 0 Å². The predicted octanol–water partition coefficient (Wildman–Crippen LogP) is 1.57. The third-order valence-corrected chi connectivity index (χ3v) is 4.61. The number of hydrogen-bond donors (Lipinski definition) is 3. The van der Waals surface area contributed by atoms with E-state index >= 15 is 0 Å². The fourth-order valence-corrected chi connectivity index (χ4v) is 3.46. The highest BCUT2D eigenvalue weighted by Crippen LogP contribution is 2.30. The van der Waals surface area contributed by atoms with E-state index in [4.69, 9.17) is 0 Å². The Balaban J connectivity index is 0.00000156. The topological polar surface area (TPSA) is 89.7 Å². The van der Waals surface area contributed by atoms with Crippen LogP contribution in [0.1, 0.15) is 52.9 Å². The number of nitrogens with one attached hydrogen (secondary N) is 3. The van der Waals surface area contributed by atoms with Crippen molar-refractivity contribution in [2.24, 2.45) is 0 Å². The van der Waals surface area contributed by atoms with Gasteiger partial charge in [-0.3, -0.25) is 9.89 Å². The number of rotatable bonds is 2. The average Bonchev–Trinajstić information content (AvgIpc) is 3.24. The van der Waals surface area contributed by atoms with Gasteiger partial charge in [0, 0.05) is 49.7 Å². The maximum Gasteiger partial charge on any atom is 0.275 e. The number of fused-ring (bicyclic) bond motifs is 1. The molecule has 3 N–H and O–H groups in total. The van der Waals surface area contributed by atoms with E-state index in [-0.39, 0.29) is 24.4 Å². The lowest BCUT2D eigenvalue weighted by atomic mass is 9.99. The molecule has 0 saturated carbocycles. The summed E-state index contributed by atoms with van der Waals surface area (Å²) in [5.41, 5.74) is 2.69. The van der Waals surface area contributed by atoms with Gasteiger partial charge < -0.3 is 15.2 Å². The molecule has 0 spiro atoms. The number of carbonyl (C=O) groups is 1. The molecule has 124 valence electrons. The number of aromatic nitrogens is 4. The monoisotopic (exact) mass is 336 g/mol. The molecular weight excluding hydrogens is 316 g/mol. The first-order chi connectivity index (χ1) is 10.8. The van der Waals surface area contributed by atoms with Crippen LogP contribution in [0.5, 0.6) is 0 Å². The van der Waals surface area contributed by atoms with Gasteiger partial charge in [-0.1, -0.05) is 0 Å². The Bertz CT molecular complexity index is 668. The van der Waals surface area contributed by atoms with Crippen molar-refractivity contribution in [2.45, 2.75) is 38.3 Å². The quantitative estimate of drug-likeness (QED) is 0.776. The van der Waals surface area contributed by atoms with Crippen LogP contribution in [0.25, 0.3) is 0 Å². The highest BCUT2D eigenvalue weighted by atomic mass is 35.5. The van der Waals surface area contributed by atoms with E-state index in [0.29, 0.717) is 12.2 Å². The van der Waals surface area contributed by atoms with Crippen LogP contribution >= 0.6 is 12.4 Å². The summed E-state index contributed by atoms with van der Waals surface area (Å²) in [5, 5.41) is 10.7. The smallest absolute Gasteiger partial charge is 0.275 e. The molecule has 2 aliphatic heterocycles. The first-order valence-electron chi connectivity index (χ1n) is 7.91. The maximum atomic E-state index is 13.0. The summed E-state index contributed by atoms with van der Waals surface area (Å²) in [6.07, 6.45) is 7.56. The molecule has 2 aromatic rings. The van der Waals surface area contributed by atoms with Crippen LogP contribution in [0.2, 0.25) is 0 Å². The molecule has 0 aliphatic carbocycles. The van der Waals surface area contributed by atoms with E-state index < -0.39 is 0 Å². The summed E-state index contributed by atoms with van der Waals surface area (Å²) in [6.45, 7) is 2.41. The number of aromatic amines is 2. The molecule has 8 heteroatoms. The van der Waals surface area contributed by atoms with Crippen molar-refractivity contribution in [3.05, 3.63) is 35.2 Å². The van der Waals surface area contributed by atoms with Gasteiger partial charge in [0.2, 0.25) is 0 Å². The van der Waals surface area contributed by atoms with Gasteiger partial charge in [0.25, 0.3) is 5.91 Å². The Kier molecular flexibility index (Phi) is 4.68. The van der Waals surface area contributed by atoms with Crippen molar-refractivity contribution in [2.75, 3.05) is 13.1 Å². The van der Waals surface area contributed by atoms with Gasteiger partial charge in [0.05, 0.1) is 6.04 Å². The third-order valence-electron chi connectivity index (χ3n) is 4.61. The van der Waals surface area contributed by atoms with Gasteiger partial charge in [-0.15, -0.1) is 12.4 Å². The van der Waals surface area contributed by atoms with Crippen LogP contribution in [-0.4, -0.2) is 44.1 Å². The second kappa shape index (κ2) is 6.72. The normalized spacial score (nSPS) is 20.7. The fraction of sp³-hybridized carbons (Fsp3) is 0.533. The van der Waals surface area contributed by atoms with E-state index in [1.807, 2.05) is 11.1 Å². The number of nitrogens with zero attached hydrogens (tertiary/aromatic N) is 3. The minimum Gasteiger partial charge on any atom is -0.347 e. The molecule has 1 atom stereocenters. The number of hydrogen-bond acceptors (Lipinski definition) is 4. The molecule has 1 fully saturated rings. The van der Waals surface area contributed by atoms with Crippen molar-refractivity contribution < 1.29 is 4.79 Å². The lowest BCUT2D eigenvalue weighted by Gasteiger charge is -2.34. The summed E-state index contributed by atoms with van der Waals surface area (Å²) in [5.74, 6) is 0.887. The molecule has 2 aromatic heterocycles. The minimum absolute atomic E-state index is 0. The van der Waals surface area contributed by atoms with E-state index in [9.17, 15) is 4.79 Å². The molecular formula is C15H21ClN6O. The maximum absolute atomic E-state index is 13.0. The van der Waals surface area contributed by atoms with Gasteiger partial charge >= 0.3 is 0 Å². The van der Waals surface area contributed by atoms with Gasteiger partial charge in [-0.2, -0.15) is 5.10 Å². The Hall–Kier alpha value is -1.86. The molecule has 4 rings (SSSR count). The average molecular weight is 337 g/mol. The molecule has 0 radical (unpaired) electrons. The number of imidazole rings is 1. The number of H-pyrrole nitrogens is 2. The van der Waals surface area contributed by atoms with Crippen LogP contribution in [0, 0.1) is 0 Å². The molecule has 7 nitrogen and oxygen atoms in total. The summed E-state index contributed by atoms with van der Waals surface area (Å²) >= 11 is 0. The lowest BCUT2D eigenvalue weighted by Crippen LogP contribution is -2.40. The van der Waals surface area contributed by atoms with Gasteiger partial charge in [-0.25, -0.2) is 4.98 Å². The Morgan fingerprint density at radius 1 is 1.35 bits per heavy atom. The second-order valence-electron chi connectivity index (χ2n) is 5.94. The standard InChI is InChI=1S/C15H20N6O.ClH/c22-15(13-10-9-16-5-4-11(10)19-20-13)21-8-2-1-3-12(21)14-17-6-7-18-14;/h6-7,12,16H,1-5,8-9H2,(H,17,18)(H,19,20);1H. The van der Waals surface area contributed by atoms with Crippen LogP contribution in [-0.2, 0) is 13.0 Å². The molecule has 0 bridgehead atoms. The SMILES string of the molecule is Cl.O=C(c1n[nH]c2c1CNCC2)N1CCCCC1c1ncc[nH]1. The molecule has 2 aliphatic rings. The van der Waals surface area contributed by atoms with Crippen LogP contribution in [0.15, 0.2) is 12.4 Å². The van der Waals surface area contributed by atoms with Crippen LogP contribution < -0.4 is 5.32 Å². The largest absolute Gasteiger partial charge is 0.347 e. The predicted molar refractivity (Wildman–Crippen MR) is 87.5 cm³/mol. The third kappa shape index (κ3) is 2.86. The lowest BCUT2D eigenvalue weighted by molar-refractivity contribution is 0.0593. The number of amides is 1. The van der Waals surface area contributed by atoms with Gasteiger partial charge in [0.1, 0.15) is 5.82 Å². The van der Waals surface area contributed by atoms with Gasteiger partial charge in [-0.05, 0) is 19.3 Å². The Morgan fingerprint density at radius 3 is 3.09 bits per heavy atom. The summed E-state index contributed by atoms with van der Waals surface area (Å²) in [4.78, 5) is 22.4. The number of carbonyl (C=O) groups excluding carboxylic acids is 1. The van der Waals surface area contributed by atoms with Crippen molar-refractivity contribution in [1.82, 2.24) is 30.4 Å². The van der Waals surface area contributed by atoms with E-state index in [0.717, 1.165) is 55.9 Å². The highest BCUT2D eigenvalue weighted by Gasteiger charge is 2.33. The Labute approximate surface area is 140 Å².